The summed E-state index contributed by atoms with van der Waals surface area (Å²) in [5.74, 6) is -0.536. The highest BCUT2D eigenvalue weighted by Gasteiger charge is 2.25. The topological polar surface area (TPSA) is 71.1 Å². The van der Waals surface area contributed by atoms with E-state index in [0.29, 0.717) is 22.0 Å². The number of hydrogen-bond donors (Lipinski definition) is 2. The summed E-state index contributed by atoms with van der Waals surface area (Å²) in [6, 6.07) is 8.73. The maximum Gasteiger partial charge on any atom is 0.274 e. The quantitative estimate of drug-likeness (QED) is 0.873. The van der Waals surface area contributed by atoms with E-state index in [4.69, 9.17) is 11.6 Å². The van der Waals surface area contributed by atoms with Gasteiger partial charge < -0.3 is 10.6 Å². The van der Waals surface area contributed by atoms with Crippen LogP contribution in [0.5, 0.6) is 0 Å². The van der Waals surface area contributed by atoms with Crippen LogP contribution in [0.4, 0.5) is 5.69 Å². The van der Waals surface area contributed by atoms with E-state index in [2.05, 4.69) is 15.6 Å². The number of carbonyl (C=O) groups excluding carboxylic acids is 2. The minimum absolute atomic E-state index is 0.218. The number of hydrogen-bond acceptors (Lipinski definition) is 3. The van der Waals surface area contributed by atoms with Gasteiger partial charge in [0, 0.05) is 17.9 Å². The van der Waals surface area contributed by atoms with E-state index < -0.39 is 0 Å². The number of benzene rings is 1. The molecule has 0 saturated heterocycles. The number of nitrogens with zero attached hydrogens (tertiary/aromatic N) is 1. The molecule has 2 N–H and O–H groups in total. The number of amides is 2. The second-order valence-electron chi connectivity index (χ2n) is 5.80. The standard InChI is InChI=1S/C18H18ClN3O2/c1-2-11-7-8-20-16(9-11)18(24)22-13-5-6-15(19)14(10-13)17(23)21-12-3-4-12/h5-10,12H,2-4H2,1H3,(H,21,23)(H,22,24). The number of pyridine rings is 1. The number of aromatic nitrogens is 1. The van der Waals surface area contributed by atoms with Crippen LogP contribution in [0.3, 0.4) is 0 Å². The first-order valence-electron chi connectivity index (χ1n) is 7.93. The van der Waals surface area contributed by atoms with Crippen LogP contribution in [-0.4, -0.2) is 22.8 Å². The van der Waals surface area contributed by atoms with Crippen molar-refractivity contribution >= 4 is 29.1 Å². The van der Waals surface area contributed by atoms with Crippen molar-refractivity contribution in [2.75, 3.05) is 5.32 Å². The smallest absolute Gasteiger partial charge is 0.274 e. The van der Waals surface area contributed by atoms with Crippen LogP contribution in [0.15, 0.2) is 36.5 Å². The molecule has 0 atom stereocenters. The van der Waals surface area contributed by atoms with E-state index in [1.54, 1.807) is 30.5 Å². The van der Waals surface area contributed by atoms with Crippen molar-refractivity contribution < 1.29 is 9.59 Å². The van der Waals surface area contributed by atoms with Crippen molar-refractivity contribution in [2.45, 2.75) is 32.2 Å². The zero-order chi connectivity index (χ0) is 17.1. The fraction of sp³-hybridized carbons (Fsp3) is 0.278. The van der Waals surface area contributed by atoms with Crippen LogP contribution in [0.2, 0.25) is 5.02 Å². The summed E-state index contributed by atoms with van der Waals surface area (Å²) in [4.78, 5) is 28.6. The highest BCUT2D eigenvalue weighted by atomic mass is 35.5. The van der Waals surface area contributed by atoms with Gasteiger partial charge in [-0.25, -0.2) is 0 Å². The van der Waals surface area contributed by atoms with E-state index in [1.807, 2.05) is 13.0 Å². The number of nitrogens with one attached hydrogen (secondary N) is 2. The average molecular weight is 344 g/mol. The van der Waals surface area contributed by atoms with Gasteiger partial charge in [0.25, 0.3) is 11.8 Å². The van der Waals surface area contributed by atoms with Gasteiger partial charge in [-0.15, -0.1) is 0 Å². The lowest BCUT2D eigenvalue weighted by molar-refractivity contribution is 0.0949. The van der Waals surface area contributed by atoms with Crippen LogP contribution in [0, 0.1) is 0 Å². The molecule has 2 amide bonds. The van der Waals surface area contributed by atoms with E-state index in [0.717, 1.165) is 24.8 Å². The molecule has 24 heavy (non-hydrogen) atoms. The maximum absolute atomic E-state index is 12.3. The molecular formula is C18H18ClN3O2. The molecule has 1 aromatic heterocycles. The Balaban J connectivity index is 1.76. The van der Waals surface area contributed by atoms with Crippen molar-refractivity contribution in [1.29, 1.82) is 0 Å². The Morgan fingerprint density at radius 3 is 2.71 bits per heavy atom. The summed E-state index contributed by atoms with van der Waals surface area (Å²) < 4.78 is 0. The Bertz CT molecular complexity index is 788. The van der Waals surface area contributed by atoms with Crippen LogP contribution >= 0.6 is 11.6 Å². The SMILES string of the molecule is CCc1ccnc(C(=O)Nc2ccc(Cl)c(C(=O)NC3CC3)c2)c1. The largest absolute Gasteiger partial charge is 0.349 e. The molecule has 1 saturated carbocycles. The molecule has 0 radical (unpaired) electrons. The molecule has 1 heterocycles. The van der Waals surface area contributed by atoms with Gasteiger partial charge in [0.05, 0.1) is 10.6 Å². The Kier molecular flexibility index (Phi) is 4.81. The molecule has 2 aromatic rings. The molecule has 0 spiro atoms. The Morgan fingerprint density at radius 2 is 2.00 bits per heavy atom. The summed E-state index contributed by atoms with van der Waals surface area (Å²) in [5, 5.41) is 6.01. The van der Waals surface area contributed by atoms with Crippen molar-refractivity contribution in [3.63, 3.8) is 0 Å². The van der Waals surface area contributed by atoms with Crippen molar-refractivity contribution in [3.8, 4) is 0 Å². The Hall–Kier alpha value is -2.40. The number of anilines is 1. The molecule has 5 nitrogen and oxygen atoms in total. The summed E-state index contributed by atoms with van der Waals surface area (Å²) in [5.41, 5.74) is 2.25. The first-order chi connectivity index (χ1) is 11.6. The van der Waals surface area contributed by atoms with Gasteiger partial charge in [0.15, 0.2) is 0 Å². The van der Waals surface area contributed by atoms with Crippen LogP contribution < -0.4 is 10.6 Å². The predicted octanol–water partition coefficient (Wildman–Crippen LogP) is 3.44. The molecule has 1 aromatic carbocycles. The fourth-order valence-electron chi connectivity index (χ4n) is 2.28. The summed E-state index contributed by atoms with van der Waals surface area (Å²) in [6.07, 6.45) is 4.44. The number of carbonyl (C=O) groups is 2. The number of halogens is 1. The van der Waals surface area contributed by atoms with Crippen molar-refractivity contribution in [3.05, 3.63) is 58.4 Å². The molecule has 0 bridgehead atoms. The third-order valence-corrected chi connectivity index (χ3v) is 4.18. The highest BCUT2D eigenvalue weighted by Crippen LogP contribution is 2.24. The normalized spacial score (nSPS) is 13.4. The lowest BCUT2D eigenvalue weighted by Gasteiger charge is -2.10. The van der Waals surface area contributed by atoms with Crippen molar-refractivity contribution in [2.24, 2.45) is 0 Å². The first-order valence-corrected chi connectivity index (χ1v) is 8.31. The molecule has 1 fully saturated rings. The minimum Gasteiger partial charge on any atom is -0.349 e. The molecule has 0 unspecified atom stereocenters. The lowest BCUT2D eigenvalue weighted by atomic mass is 10.1. The molecule has 3 rings (SSSR count). The monoisotopic (exact) mass is 343 g/mol. The van der Waals surface area contributed by atoms with E-state index in [1.165, 1.54) is 0 Å². The molecule has 1 aliphatic rings. The van der Waals surface area contributed by atoms with Gasteiger partial charge in [-0.2, -0.15) is 0 Å². The van der Waals surface area contributed by atoms with E-state index in [9.17, 15) is 9.59 Å². The molecular weight excluding hydrogens is 326 g/mol. The van der Waals surface area contributed by atoms with Gasteiger partial charge in [-0.1, -0.05) is 18.5 Å². The van der Waals surface area contributed by atoms with Crippen LogP contribution in [-0.2, 0) is 6.42 Å². The second-order valence-corrected chi connectivity index (χ2v) is 6.21. The first kappa shape index (κ1) is 16.5. The van der Waals surface area contributed by atoms with Gasteiger partial charge in [-0.3, -0.25) is 14.6 Å². The number of rotatable bonds is 5. The lowest BCUT2D eigenvalue weighted by Crippen LogP contribution is -2.25. The zero-order valence-corrected chi connectivity index (χ0v) is 14.1. The molecule has 124 valence electrons. The summed E-state index contributed by atoms with van der Waals surface area (Å²) >= 11 is 6.10. The van der Waals surface area contributed by atoms with Crippen LogP contribution in [0.1, 0.15) is 46.2 Å². The van der Waals surface area contributed by atoms with E-state index in [-0.39, 0.29) is 17.9 Å². The maximum atomic E-state index is 12.3. The summed E-state index contributed by atoms with van der Waals surface area (Å²) in [7, 11) is 0. The Morgan fingerprint density at radius 1 is 1.21 bits per heavy atom. The molecule has 0 aliphatic heterocycles. The summed E-state index contributed by atoms with van der Waals surface area (Å²) in [6.45, 7) is 2.01. The average Bonchev–Trinajstić information content (AvgIpc) is 3.40. The van der Waals surface area contributed by atoms with Gasteiger partial charge in [-0.05, 0) is 55.2 Å². The predicted molar refractivity (Wildman–Crippen MR) is 93.5 cm³/mol. The van der Waals surface area contributed by atoms with Crippen molar-refractivity contribution in [1.82, 2.24) is 10.3 Å². The fourth-order valence-corrected chi connectivity index (χ4v) is 2.48. The Labute approximate surface area is 145 Å². The van der Waals surface area contributed by atoms with Gasteiger partial charge >= 0.3 is 0 Å². The molecule has 6 heteroatoms. The van der Waals surface area contributed by atoms with Crippen LogP contribution in [0.25, 0.3) is 0 Å². The number of aryl methyl sites for hydroxylation is 1. The third-order valence-electron chi connectivity index (χ3n) is 3.85. The molecule has 1 aliphatic carbocycles. The third kappa shape index (κ3) is 3.92. The van der Waals surface area contributed by atoms with Gasteiger partial charge in [0.1, 0.15) is 5.69 Å². The second kappa shape index (κ2) is 7.01. The minimum atomic E-state index is -0.318. The highest BCUT2D eigenvalue weighted by molar-refractivity contribution is 6.34. The zero-order valence-electron chi connectivity index (χ0n) is 13.3. The van der Waals surface area contributed by atoms with Gasteiger partial charge in [0.2, 0.25) is 0 Å². The van der Waals surface area contributed by atoms with E-state index >= 15 is 0 Å².